The maximum atomic E-state index is 13.3. The van der Waals surface area contributed by atoms with Gasteiger partial charge in [0.15, 0.2) is 6.29 Å². The highest BCUT2D eigenvalue weighted by Crippen LogP contribution is 2.25. The van der Waals surface area contributed by atoms with Crippen molar-refractivity contribution in [2.24, 2.45) is 0 Å². The largest absolute Gasteiger partial charge is 0.394 e. The topological polar surface area (TPSA) is 189 Å². The second kappa shape index (κ2) is 67.8. The second-order valence-electron chi connectivity index (χ2n) is 28.5. The number of amides is 1. The zero-order valence-electron chi connectivity index (χ0n) is 59.7. The van der Waals surface area contributed by atoms with Gasteiger partial charge in [0.05, 0.1) is 25.4 Å². The lowest BCUT2D eigenvalue weighted by Crippen LogP contribution is -2.60. The van der Waals surface area contributed by atoms with Gasteiger partial charge in [0.25, 0.3) is 0 Å². The number of hydrogen-bond donors (Lipinski definition) is 8. The van der Waals surface area contributed by atoms with E-state index < -0.39 is 74.2 Å². The number of rotatable bonds is 72. The number of nitrogens with one attached hydrogen (secondary N) is 1. The summed E-state index contributed by atoms with van der Waals surface area (Å²) in [6, 6.07) is -1.18. The van der Waals surface area contributed by atoms with E-state index in [0.29, 0.717) is 12.8 Å². The van der Waals surface area contributed by atoms with Crippen molar-refractivity contribution in [3.05, 3.63) is 12.2 Å². The molecule has 0 aromatic heterocycles. The van der Waals surface area contributed by atoms with E-state index in [9.17, 15) is 40.5 Å². The van der Waals surface area contributed by atoms with E-state index in [-0.39, 0.29) is 12.8 Å². The van der Waals surface area contributed by atoms with Gasteiger partial charge in [-0.3, -0.25) is 4.79 Å². The molecule has 11 nitrogen and oxygen atoms in total. The maximum Gasteiger partial charge on any atom is 0.249 e. The molecule has 1 aliphatic rings. The summed E-state index contributed by atoms with van der Waals surface area (Å²) in [5.74, 6) is -0.696. The van der Waals surface area contributed by atoms with Gasteiger partial charge in [0.1, 0.15) is 36.6 Å². The Morgan fingerprint density at radius 1 is 0.378 bits per heavy atom. The first kappa shape index (κ1) is 86.9. The Bertz CT molecular complexity index is 1470. The van der Waals surface area contributed by atoms with Gasteiger partial charge >= 0.3 is 0 Å². The molecule has 0 spiro atoms. The Labute approximate surface area is 557 Å². The van der Waals surface area contributed by atoms with E-state index in [1.165, 1.54) is 347 Å². The summed E-state index contributed by atoms with van der Waals surface area (Å²) < 4.78 is 11.2. The van der Waals surface area contributed by atoms with Crippen LogP contribution in [0.1, 0.15) is 418 Å². The average molecular weight is 1280 g/mol. The van der Waals surface area contributed by atoms with Crippen molar-refractivity contribution in [3.8, 4) is 0 Å². The van der Waals surface area contributed by atoms with Crippen molar-refractivity contribution < 1.29 is 50.0 Å². The van der Waals surface area contributed by atoms with Crippen LogP contribution in [0.15, 0.2) is 12.2 Å². The van der Waals surface area contributed by atoms with Gasteiger partial charge in [-0.1, -0.05) is 392 Å². The Hall–Kier alpha value is -1.15. The summed E-state index contributed by atoms with van der Waals surface area (Å²) in [7, 11) is 0. The van der Waals surface area contributed by atoms with Gasteiger partial charge in [-0.2, -0.15) is 0 Å². The number of ether oxygens (including phenoxy) is 2. The normalized spacial score (nSPS) is 18.4. The highest BCUT2D eigenvalue weighted by Gasteiger charge is 2.44. The number of carbonyl (C=O) groups is 1. The molecule has 0 radical (unpaired) electrons. The molecule has 1 rings (SSSR count). The molecule has 9 unspecified atom stereocenters. The van der Waals surface area contributed by atoms with E-state index in [2.05, 4.69) is 31.3 Å². The first-order chi connectivity index (χ1) is 44.2. The van der Waals surface area contributed by atoms with Crippen LogP contribution in [-0.2, 0) is 14.3 Å². The van der Waals surface area contributed by atoms with E-state index in [1.807, 2.05) is 0 Å². The summed E-state index contributed by atoms with van der Waals surface area (Å²) in [5.41, 5.74) is 0. The summed E-state index contributed by atoms with van der Waals surface area (Å²) in [6.07, 6.45) is 74.8. The Kier molecular flexibility index (Phi) is 65.5. The third-order valence-corrected chi connectivity index (χ3v) is 19.8. The Morgan fingerprint density at radius 3 is 0.956 bits per heavy atom. The fourth-order valence-corrected chi connectivity index (χ4v) is 13.5. The molecule has 536 valence electrons. The molecule has 0 aromatic rings. The van der Waals surface area contributed by atoms with Gasteiger partial charge in [0.2, 0.25) is 5.91 Å². The predicted octanol–water partition coefficient (Wildman–Crippen LogP) is 20.5. The summed E-state index contributed by atoms with van der Waals surface area (Å²) >= 11 is 0. The Morgan fingerprint density at radius 2 is 0.656 bits per heavy atom. The number of aliphatic hydroxyl groups is 7. The van der Waals surface area contributed by atoms with E-state index in [1.54, 1.807) is 0 Å². The maximum absolute atomic E-state index is 13.3. The predicted molar refractivity (Wildman–Crippen MR) is 381 cm³/mol. The molecule has 0 saturated carbocycles. The van der Waals surface area contributed by atoms with Gasteiger partial charge < -0.3 is 50.5 Å². The molecule has 0 aromatic carbocycles. The van der Waals surface area contributed by atoms with E-state index in [0.717, 1.165) is 32.1 Å². The van der Waals surface area contributed by atoms with Crippen molar-refractivity contribution >= 4 is 5.91 Å². The molecular formula is C79H155NO10. The molecule has 1 aliphatic heterocycles. The number of carbonyl (C=O) groups excluding carboxylic acids is 1. The van der Waals surface area contributed by atoms with Crippen molar-refractivity contribution in [1.29, 1.82) is 0 Å². The molecule has 0 aliphatic carbocycles. The third-order valence-electron chi connectivity index (χ3n) is 19.8. The molecule has 8 N–H and O–H groups in total. The molecule has 0 bridgehead atoms. The van der Waals surface area contributed by atoms with Crippen LogP contribution in [0, 0.1) is 0 Å². The molecule has 1 fully saturated rings. The van der Waals surface area contributed by atoms with Crippen molar-refractivity contribution in [1.82, 2.24) is 5.32 Å². The SMILES string of the molecule is CCCCCCCCCCCCCCCCCCCCCCCCCCCC/C=C/CCCC(O)C(O)C(COC1OC(CO)C(O)C(O)C1O)NC(=O)C(O)CCCCCCCCCCCCCCCCCCCCCCCCCCCCCCCCCC. The van der Waals surface area contributed by atoms with Gasteiger partial charge in [-0.25, -0.2) is 0 Å². The van der Waals surface area contributed by atoms with E-state index in [4.69, 9.17) is 9.47 Å². The van der Waals surface area contributed by atoms with Gasteiger partial charge in [0, 0.05) is 0 Å². The first-order valence-corrected chi connectivity index (χ1v) is 40.1. The number of unbranched alkanes of at least 4 members (excludes halogenated alkanes) is 58. The minimum absolute atomic E-state index is 0.260. The fourth-order valence-electron chi connectivity index (χ4n) is 13.5. The molecule has 1 amide bonds. The molecular weight excluding hydrogens is 1120 g/mol. The monoisotopic (exact) mass is 1280 g/mol. The summed E-state index contributed by atoms with van der Waals surface area (Å²) in [6.45, 7) is 3.52. The number of allylic oxidation sites excluding steroid dienone is 2. The zero-order valence-corrected chi connectivity index (χ0v) is 59.7. The van der Waals surface area contributed by atoms with Crippen molar-refractivity contribution in [2.75, 3.05) is 13.2 Å². The highest BCUT2D eigenvalue weighted by molar-refractivity contribution is 5.80. The van der Waals surface area contributed by atoms with Crippen molar-refractivity contribution in [3.63, 3.8) is 0 Å². The van der Waals surface area contributed by atoms with Gasteiger partial charge in [-0.15, -0.1) is 0 Å². The van der Waals surface area contributed by atoms with Crippen LogP contribution >= 0.6 is 0 Å². The quantitative estimate of drug-likeness (QED) is 0.0215. The standard InChI is InChI=1S/C79H155NO10/c1-3-5-7-9-11-13-15-17-19-21-23-25-27-29-31-33-35-37-39-41-43-45-47-49-51-53-55-57-59-61-63-65-67-72(83)78(88)80-70(69-89-79-77(87)76(86)75(85)73(68-81)90-79)74(84)71(82)66-64-62-60-58-56-54-52-50-48-46-44-42-40-38-36-34-32-30-28-26-24-22-20-18-16-14-12-10-8-6-4-2/h58,60,70-77,79,81-87H,3-57,59,61-69H2,1-2H3,(H,80,88)/b60-58+. The highest BCUT2D eigenvalue weighted by atomic mass is 16.7. The lowest BCUT2D eigenvalue weighted by Gasteiger charge is -2.40. The number of hydrogen-bond acceptors (Lipinski definition) is 10. The minimum Gasteiger partial charge on any atom is -0.394 e. The van der Waals surface area contributed by atoms with Crippen LogP contribution in [0.2, 0.25) is 0 Å². The smallest absolute Gasteiger partial charge is 0.249 e. The Balaban J connectivity index is 2.14. The minimum atomic E-state index is -1.67. The van der Waals surface area contributed by atoms with Crippen molar-refractivity contribution in [2.45, 2.75) is 473 Å². The first-order valence-electron chi connectivity index (χ1n) is 40.1. The molecule has 9 atom stereocenters. The molecule has 90 heavy (non-hydrogen) atoms. The fraction of sp³-hybridized carbons (Fsp3) is 0.962. The molecule has 1 heterocycles. The number of aliphatic hydroxyl groups excluding tert-OH is 7. The second-order valence-corrected chi connectivity index (χ2v) is 28.5. The van der Waals surface area contributed by atoms with Crippen LogP contribution in [0.3, 0.4) is 0 Å². The average Bonchev–Trinajstić information content (AvgIpc) is 1.37. The van der Waals surface area contributed by atoms with E-state index >= 15 is 0 Å². The zero-order chi connectivity index (χ0) is 65.3. The third kappa shape index (κ3) is 54.0. The van der Waals surface area contributed by atoms with Crippen LogP contribution in [0.5, 0.6) is 0 Å². The van der Waals surface area contributed by atoms with Crippen LogP contribution in [0.4, 0.5) is 0 Å². The molecule has 11 heteroatoms. The van der Waals surface area contributed by atoms with Crippen LogP contribution in [-0.4, -0.2) is 110 Å². The lowest BCUT2D eigenvalue weighted by molar-refractivity contribution is -0.303. The lowest BCUT2D eigenvalue weighted by atomic mass is 9.98. The van der Waals surface area contributed by atoms with Crippen LogP contribution < -0.4 is 5.32 Å². The molecule has 1 saturated heterocycles. The van der Waals surface area contributed by atoms with Crippen LogP contribution in [0.25, 0.3) is 0 Å². The summed E-state index contributed by atoms with van der Waals surface area (Å²) in [5, 5.41) is 76.7. The van der Waals surface area contributed by atoms with Gasteiger partial charge in [-0.05, 0) is 38.5 Å². The summed E-state index contributed by atoms with van der Waals surface area (Å²) in [4.78, 5) is 13.3.